The van der Waals surface area contributed by atoms with E-state index in [0.717, 1.165) is 12.8 Å². The molecule has 0 saturated carbocycles. The van der Waals surface area contributed by atoms with Crippen LogP contribution in [-0.2, 0) is 11.3 Å². The van der Waals surface area contributed by atoms with Crippen LogP contribution in [-0.4, -0.2) is 34.7 Å². The molecule has 3 N–H and O–H groups in total. The van der Waals surface area contributed by atoms with E-state index in [2.05, 4.69) is 26.1 Å². The molecule has 8 nitrogen and oxygen atoms in total. The summed E-state index contributed by atoms with van der Waals surface area (Å²) in [7, 11) is 0. The van der Waals surface area contributed by atoms with Crippen LogP contribution in [0.25, 0.3) is 11.4 Å². The summed E-state index contributed by atoms with van der Waals surface area (Å²) >= 11 is 0. The highest BCUT2D eigenvalue weighted by molar-refractivity contribution is 5.87. The lowest BCUT2D eigenvalue weighted by molar-refractivity contribution is -0.122. The van der Waals surface area contributed by atoms with E-state index in [1.165, 1.54) is 12.1 Å². The van der Waals surface area contributed by atoms with Gasteiger partial charge in [-0.3, -0.25) is 4.79 Å². The largest absolute Gasteiger partial charge is 0.354 e. The van der Waals surface area contributed by atoms with Crippen molar-refractivity contribution in [3.05, 3.63) is 36.0 Å². The first-order valence-corrected chi connectivity index (χ1v) is 8.02. The molecule has 0 spiro atoms. The average molecular weight is 347 g/mol. The summed E-state index contributed by atoms with van der Waals surface area (Å²) in [6, 6.07) is 4.77. The van der Waals surface area contributed by atoms with E-state index in [4.69, 9.17) is 4.52 Å². The fourth-order valence-corrected chi connectivity index (χ4v) is 2.51. The fourth-order valence-electron chi connectivity index (χ4n) is 2.51. The van der Waals surface area contributed by atoms with Crippen molar-refractivity contribution in [2.45, 2.75) is 31.8 Å². The number of carbonyl (C=O) groups is 2. The number of urea groups is 1. The first-order chi connectivity index (χ1) is 12.1. The van der Waals surface area contributed by atoms with Crippen molar-refractivity contribution in [1.29, 1.82) is 0 Å². The van der Waals surface area contributed by atoms with Crippen LogP contribution < -0.4 is 16.0 Å². The van der Waals surface area contributed by atoms with Crippen LogP contribution in [0, 0.1) is 5.82 Å². The molecule has 1 aromatic carbocycles. The number of carbonyl (C=O) groups excluding carboxylic acids is 2. The van der Waals surface area contributed by atoms with Gasteiger partial charge in [-0.15, -0.1) is 0 Å². The van der Waals surface area contributed by atoms with Crippen molar-refractivity contribution < 1.29 is 18.5 Å². The molecule has 1 unspecified atom stereocenters. The molecule has 1 atom stereocenters. The molecule has 1 saturated heterocycles. The minimum Gasteiger partial charge on any atom is -0.354 e. The molecule has 1 aliphatic heterocycles. The zero-order valence-corrected chi connectivity index (χ0v) is 13.4. The Balaban J connectivity index is 1.53. The summed E-state index contributed by atoms with van der Waals surface area (Å²) in [4.78, 5) is 27.8. The first kappa shape index (κ1) is 16.9. The third-order valence-corrected chi connectivity index (χ3v) is 3.79. The van der Waals surface area contributed by atoms with Crippen LogP contribution >= 0.6 is 0 Å². The van der Waals surface area contributed by atoms with E-state index in [9.17, 15) is 14.0 Å². The lowest BCUT2D eigenvalue weighted by atomic mass is 10.1. The standard InChI is InChI=1S/C16H18FN5O3/c17-11-5-3-4-10(8-11)14-21-13(25-22-14)9-19-16(24)20-12-6-1-2-7-18-15(12)23/h3-5,8,12H,1-2,6-7,9H2,(H,18,23)(H2,19,20,24). The molecular weight excluding hydrogens is 329 g/mol. The second-order valence-electron chi connectivity index (χ2n) is 5.69. The Morgan fingerprint density at radius 1 is 1.40 bits per heavy atom. The van der Waals surface area contributed by atoms with E-state index in [1.807, 2.05) is 0 Å². The number of amides is 3. The number of hydrogen-bond donors (Lipinski definition) is 3. The molecule has 132 valence electrons. The summed E-state index contributed by atoms with van der Waals surface area (Å²) in [5.41, 5.74) is 0.481. The molecule has 1 fully saturated rings. The number of nitrogens with zero attached hydrogens (tertiary/aromatic N) is 2. The van der Waals surface area contributed by atoms with Gasteiger partial charge in [0.15, 0.2) is 0 Å². The summed E-state index contributed by atoms with van der Waals surface area (Å²) in [5.74, 6) is -0.165. The van der Waals surface area contributed by atoms with Crippen LogP contribution in [0.5, 0.6) is 0 Å². The Labute approximate surface area is 143 Å². The molecule has 1 aliphatic rings. The van der Waals surface area contributed by atoms with Crippen LogP contribution in [0.2, 0.25) is 0 Å². The monoisotopic (exact) mass is 347 g/mol. The second kappa shape index (κ2) is 7.73. The van der Waals surface area contributed by atoms with Gasteiger partial charge >= 0.3 is 6.03 Å². The second-order valence-corrected chi connectivity index (χ2v) is 5.69. The predicted octanol–water partition coefficient (Wildman–Crippen LogP) is 1.34. The average Bonchev–Trinajstić information content (AvgIpc) is 2.99. The van der Waals surface area contributed by atoms with E-state index in [1.54, 1.807) is 12.1 Å². The van der Waals surface area contributed by atoms with Crippen LogP contribution in [0.1, 0.15) is 25.2 Å². The van der Waals surface area contributed by atoms with E-state index in [0.29, 0.717) is 18.5 Å². The predicted molar refractivity (Wildman–Crippen MR) is 85.7 cm³/mol. The molecule has 3 rings (SSSR count). The van der Waals surface area contributed by atoms with Crippen molar-refractivity contribution in [2.24, 2.45) is 0 Å². The van der Waals surface area contributed by atoms with Crippen LogP contribution in [0.15, 0.2) is 28.8 Å². The van der Waals surface area contributed by atoms with Gasteiger partial charge in [-0.25, -0.2) is 9.18 Å². The minimum atomic E-state index is -0.548. The Morgan fingerprint density at radius 3 is 3.12 bits per heavy atom. The van der Waals surface area contributed by atoms with Crippen molar-refractivity contribution >= 4 is 11.9 Å². The molecule has 2 heterocycles. The summed E-state index contributed by atoms with van der Waals surface area (Å²) < 4.78 is 18.2. The number of benzene rings is 1. The van der Waals surface area contributed by atoms with Gasteiger partial charge in [0.05, 0.1) is 6.54 Å². The van der Waals surface area contributed by atoms with Gasteiger partial charge in [0, 0.05) is 12.1 Å². The molecule has 25 heavy (non-hydrogen) atoms. The Hall–Kier alpha value is -2.97. The maximum Gasteiger partial charge on any atom is 0.315 e. The molecule has 1 aromatic heterocycles. The molecule has 3 amide bonds. The Kier molecular flexibility index (Phi) is 5.22. The lowest BCUT2D eigenvalue weighted by Crippen LogP contribution is -2.48. The summed E-state index contributed by atoms with van der Waals surface area (Å²) in [5, 5.41) is 11.7. The number of halogens is 1. The SMILES string of the molecule is O=C(NCc1nc(-c2cccc(F)c2)no1)NC1CCCCNC1=O. The van der Waals surface area contributed by atoms with E-state index in [-0.39, 0.29) is 24.2 Å². The zero-order valence-electron chi connectivity index (χ0n) is 13.4. The van der Waals surface area contributed by atoms with Crippen molar-refractivity contribution in [3.63, 3.8) is 0 Å². The highest BCUT2D eigenvalue weighted by Crippen LogP contribution is 2.16. The maximum absolute atomic E-state index is 13.2. The molecule has 0 bridgehead atoms. The zero-order chi connectivity index (χ0) is 17.6. The third kappa shape index (κ3) is 4.52. The number of aromatic nitrogens is 2. The van der Waals surface area contributed by atoms with Crippen LogP contribution in [0.3, 0.4) is 0 Å². The van der Waals surface area contributed by atoms with Gasteiger partial charge in [0.25, 0.3) is 0 Å². The molecule has 0 aliphatic carbocycles. The van der Waals surface area contributed by atoms with Crippen molar-refractivity contribution in [2.75, 3.05) is 6.54 Å². The fraction of sp³-hybridized carbons (Fsp3) is 0.375. The molecule has 0 radical (unpaired) electrons. The van der Waals surface area contributed by atoms with Crippen molar-refractivity contribution in [3.8, 4) is 11.4 Å². The van der Waals surface area contributed by atoms with Gasteiger partial charge in [0.2, 0.25) is 17.6 Å². The van der Waals surface area contributed by atoms with Gasteiger partial charge in [0.1, 0.15) is 11.9 Å². The van der Waals surface area contributed by atoms with Gasteiger partial charge < -0.3 is 20.5 Å². The topological polar surface area (TPSA) is 109 Å². The maximum atomic E-state index is 13.2. The highest BCUT2D eigenvalue weighted by Gasteiger charge is 2.22. The van der Waals surface area contributed by atoms with Gasteiger partial charge in [-0.1, -0.05) is 17.3 Å². The summed E-state index contributed by atoms with van der Waals surface area (Å²) in [6.07, 6.45) is 2.37. The lowest BCUT2D eigenvalue weighted by Gasteiger charge is -2.15. The minimum absolute atomic E-state index is 0.00247. The Morgan fingerprint density at radius 2 is 2.28 bits per heavy atom. The van der Waals surface area contributed by atoms with Crippen molar-refractivity contribution in [1.82, 2.24) is 26.1 Å². The molecule has 9 heteroatoms. The molecule has 2 aromatic rings. The Bertz CT molecular complexity index is 764. The number of hydrogen-bond acceptors (Lipinski definition) is 5. The number of rotatable bonds is 4. The van der Waals surface area contributed by atoms with E-state index >= 15 is 0 Å². The first-order valence-electron chi connectivity index (χ1n) is 8.02. The summed E-state index contributed by atoms with van der Waals surface area (Å²) in [6.45, 7) is 0.631. The normalized spacial score (nSPS) is 17.5. The van der Waals surface area contributed by atoms with Gasteiger partial charge in [-0.2, -0.15) is 4.98 Å². The number of nitrogens with one attached hydrogen (secondary N) is 3. The van der Waals surface area contributed by atoms with Gasteiger partial charge in [-0.05, 0) is 31.4 Å². The highest BCUT2D eigenvalue weighted by atomic mass is 19.1. The smallest absolute Gasteiger partial charge is 0.315 e. The third-order valence-electron chi connectivity index (χ3n) is 3.79. The quantitative estimate of drug-likeness (QED) is 0.773. The van der Waals surface area contributed by atoms with E-state index < -0.39 is 17.9 Å². The van der Waals surface area contributed by atoms with Crippen LogP contribution in [0.4, 0.5) is 9.18 Å². The molecular formula is C16H18FN5O3.